The molecule has 4 nitrogen and oxygen atoms in total. The van der Waals surface area contributed by atoms with Gasteiger partial charge in [-0.2, -0.15) is 0 Å². The first-order valence-electron chi connectivity index (χ1n) is 27.8. The molecule has 12 aromatic rings. The largest absolute Gasteiger partial charge is 0.311 e. The van der Waals surface area contributed by atoms with Crippen LogP contribution < -0.4 is 19.6 Å². The Balaban J connectivity index is 0.948. The standard InChI is InChI=1S/C76H60N4/c1-75(2)69-35-21-19-31-63(69)65-47-45-61(51-71(65)75)79(59-41-37-57(38-42-59)77(53-23-9-5-10-24-53)54-25-11-6-12-26-54)73-49-50-74(68-34-18-17-33-67(68)73)80(62-46-48-66-64-32-20-22-36-70(64)76(3,4)72(66)52-62)60-43-39-58(40-44-60)78(55-27-13-7-14-28-55)56-29-15-8-16-30-56/h5-52H,1-4H3. The maximum Gasteiger partial charge on any atom is 0.0541 e. The van der Waals surface area contributed by atoms with Crippen molar-refractivity contribution in [1.82, 2.24) is 0 Å². The third-order valence-corrected chi connectivity index (χ3v) is 16.8. The summed E-state index contributed by atoms with van der Waals surface area (Å²) in [5, 5.41) is 2.28. The van der Waals surface area contributed by atoms with E-state index in [9.17, 15) is 0 Å². The van der Waals surface area contributed by atoms with Gasteiger partial charge in [-0.05, 0) is 178 Å². The van der Waals surface area contributed by atoms with Crippen molar-refractivity contribution in [1.29, 1.82) is 0 Å². The molecule has 0 fully saturated rings. The van der Waals surface area contributed by atoms with Gasteiger partial charge in [0.15, 0.2) is 0 Å². The first-order valence-corrected chi connectivity index (χ1v) is 27.8. The van der Waals surface area contributed by atoms with Gasteiger partial charge >= 0.3 is 0 Å². The molecule has 2 aliphatic rings. The predicted molar refractivity (Wildman–Crippen MR) is 338 cm³/mol. The maximum atomic E-state index is 2.47. The lowest BCUT2D eigenvalue weighted by atomic mass is 9.82. The van der Waals surface area contributed by atoms with Gasteiger partial charge in [0, 0.05) is 78.5 Å². The third-order valence-electron chi connectivity index (χ3n) is 16.8. The minimum absolute atomic E-state index is 0.184. The lowest BCUT2D eigenvalue weighted by Gasteiger charge is -2.32. The van der Waals surface area contributed by atoms with Crippen molar-refractivity contribution in [3.8, 4) is 22.3 Å². The van der Waals surface area contributed by atoms with Crippen molar-refractivity contribution < 1.29 is 0 Å². The van der Waals surface area contributed by atoms with Gasteiger partial charge in [-0.1, -0.05) is 185 Å². The molecule has 2 aliphatic carbocycles. The van der Waals surface area contributed by atoms with Crippen LogP contribution in [0.15, 0.2) is 291 Å². The minimum atomic E-state index is -0.184. The normalized spacial score (nSPS) is 13.2. The summed E-state index contributed by atoms with van der Waals surface area (Å²) in [6.45, 7) is 9.47. The molecule has 0 aromatic heterocycles. The smallest absolute Gasteiger partial charge is 0.0541 e. The molecule has 0 saturated heterocycles. The van der Waals surface area contributed by atoms with Crippen LogP contribution >= 0.6 is 0 Å². The maximum absolute atomic E-state index is 2.47. The number of hydrogen-bond donors (Lipinski definition) is 0. The Kier molecular flexibility index (Phi) is 11.8. The third kappa shape index (κ3) is 8.14. The SMILES string of the molecule is CC1(C)c2ccccc2-c2ccc(N(c3ccc(N(c4ccccc4)c4ccccc4)cc3)c3ccc(N(c4ccc(N(c5ccccc5)c5ccccc5)cc4)c4ccc5c(c4)C(C)(C)c4ccccc4-5)c4ccccc34)cc21. The van der Waals surface area contributed by atoms with Crippen molar-refractivity contribution in [2.24, 2.45) is 0 Å². The number of benzene rings is 12. The van der Waals surface area contributed by atoms with E-state index in [1.807, 2.05) is 0 Å². The highest BCUT2D eigenvalue weighted by molar-refractivity contribution is 6.08. The summed E-state index contributed by atoms with van der Waals surface area (Å²) in [7, 11) is 0. The lowest BCUT2D eigenvalue weighted by Crippen LogP contribution is -2.17. The molecule has 384 valence electrons. The molecule has 0 bridgehead atoms. The highest BCUT2D eigenvalue weighted by Crippen LogP contribution is 2.54. The van der Waals surface area contributed by atoms with Crippen molar-refractivity contribution in [2.75, 3.05) is 19.6 Å². The molecule has 0 radical (unpaired) electrons. The Labute approximate surface area is 470 Å². The second-order valence-electron chi connectivity index (χ2n) is 22.2. The number of anilines is 12. The first-order chi connectivity index (χ1) is 39.2. The summed E-state index contributed by atoms with van der Waals surface area (Å²) in [6.07, 6.45) is 0. The van der Waals surface area contributed by atoms with Crippen LogP contribution in [0.3, 0.4) is 0 Å². The number of hydrogen-bond acceptors (Lipinski definition) is 4. The van der Waals surface area contributed by atoms with Gasteiger partial charge in [0.1, 0.15) is 0 Å². The van der Waals surface area contributed by atoms with Crippen molar-refractivity contribution in [2.45, 2.75) is 38.5 Å². The number of para-hydroxylation sites is 4. The summed E-state index contributed by atoms with van der Waals surface area (Å²) in [5.74, 6) is 0. The van der Waals surface area contributed by atoms with Gasteiger partial charge in [-0.25, -0.2) is 0 Å². The van der Waals surface area contributed by atoms with E-state index in [0.29, 0.717) is 0 Å². The molecule has 0 unspecified atom stereocenters. The summed E-state index contributed by atoms with van der Waals surface area (Å²) in [4.78, 5) is 9.60. The Bertz CT molecular complexity index is 3870. The fraction of sp³-hybridized carbons (Fsp3) is 0.0789. The monoisotopic (exact) mass is 1030 g/mol. The van der Waals surface area contributed by atoms with Crippen molar-refractivity contribution in [3.05, 3.63) is 313 Å². The van der Waals surface area contributed by atoms with E-state index in [2.05, 4.69) is 338 Å². The average molecular weight is 1030 g/mol. The molecule has 0 spiro atoms. The molecule has 0 N–H and O–H groups in total. The van der Waals surface area contributed by atoms with Gasteiger partial charge in [0.2, 0.25) is 0 Å². The van der Waals surface area contributed by atoms with Crippen LogP contribution in [0.4, 0.5) is 68.2 Å². The first kappa shape index (κ1) is 48.5. The van der Waals surface area contributed by atoms with E-state index >= 15 is 0 Å². The van der Waals surface area contributed by atoms with E-state index in [4.69, 9.17) is 0 Å². The molecular weight excluding hydrogens is 969 g/mol. The molecule has 0 saturated carbocycles. The van der Waals surface area contributed by atoms with Crippen LogP contribution in [-0.2, 0) is 10.8 Å². The zero-order valence-electron chi connectivity index (χ0n) is 45.5. The zero-order chi connectivity index (χ0) is 54.0. The summed E-state index contributed by atoms with van der Waals surface area (Å²) in [6, 6.07) is 106. The van der Waals surface area contributed by atoms with E-state index in [-0.39, 0.29) is 10.8 Å². The fourth-order valence-corrected chi connectivity index (χ4v) is 12.9. The molecule has 0 aliphatic heterocycles. The van der Waals surface area contributed by atoms with Crippen LogP contribution in [0, 0.1) is 0 Å². The second kappa shape index (κ2) is 19.5. The molecule has 12 aromatic carbocycles. The molecular formula is C76H60N4. The van der Waals surface area contributed by atoms with Crippen molar-refractivity contribution in [3.63, 3.8) is 0 Å². The molecule has 4 heteroatoms. The average Bonchev–Trinajstić information content (AvgIpc) is 3.92. The zero-order valence-corrected chi connectivity index (χ0v) is 45.5. The van der Waals surface area contributed by atoms with Crippen LogP contribution in [0.2, 0.25) is 0 Å². The summed E-state index contributed by atoms with van der Waals surface area (Å²) < 4.78 is 0. The summed E-state index contributed by atoms with van der Waals surface area (Å²) >= 11 is 0. The highest BCUT2D eigenvalue weighted by Gasteiger charge is 2.38. The minimum Gasteiger partial charge on any atom is -0.311 e. The Hall–Kier alpha value is -9.90. The fourth-order valence-electron chi connectivity index (χ4n) is 12.9. The molecule has 0 heterocycles. The predicted octanol–water partition coefficient (Wildman–Crippen LogP) is 21.3. The van der Waals surface area contributed by atoms with Gasteiger partial charge in [-0.3, -0.25) is 0 Å². The van der Waals surface area contributed by atoms with Gasteiger partial charge in [0.25, 0.3) is 0 Å². The topological polar surface area (TPSA) is 13.0 Å². The molecule has 14 rings (SSSR count). The van der Waals surface area contributed by atoms with E-state index in [0.717, 1.165) is 79.0 Å². The van der Waals surface area contributed by atoms with Gasteiger partial charge < -0.3 is 19.6 Å². The van der Waals surface area contributed by atoms with Gasteiger partial charge in [-0.15, -0.1) is 0 Å². The number of nitrogens with zero attached hydrogens (tertiary/aromatic N) is 4. The van der Waals surface area contributed by atoms with Crippen LogP contribution in [0.25, 0.3) is 33.0 Å². The molecule has 0 amide bonds. The van der Waals surface area contributed by atoms with E-state index in [1.54, 1.807) is 0 Å². The molecule has 0 atom stereocenters. The number of fused-ring (bicyclic) bond motifs is 7. The van der Waals surface area contributed by atoms with Crippen LogP contribution in [0.1, 0.15) is 49.9 Å². The van der Waals surface area contributed by atoms with Crippen molar-refractivity contribution >= 4 is 79.0 Å². The second-order valence-corrected chi connectivity index (χ2v) is 22.2. The quantitative estimate of drug-likeness (QED) is 0.121. The van der Waals surface area contributed by atoms with Crippen LogP contribution in [-0.4, -0.2) is 0 Å². The Morgan fingerprint density at radius 2 is 0.450 bits per heavy atom. The lowest BCUT2D eigenvalue weighted by molar-refractivity contribution is 0.660. The summed E-state index contributed by atoms with van der Waals surface area (Å²) in [5.41, 5.74) is 23.3. The van der Waals surface area contributed by atoms with E-state index < -0.39 is 0 Å². The van der Waals surface area contributed by atoms with E-state index in [1.165, 1.54) is 44.5 Å². The van der Waals surface area contributed by atoms with Gasteiger partial charge in [0.05, 0.1) is 11.4 Å². The highest BCUT2D eigenvalue weighted by atomic mass is 15.2. The molecule has 80 heavy (non-hydrogen) atoms. The number of rotatable bonds is 12. The van der Waals surface area contributed by atoms with Crippen LogP contribution in [0.5, 0.6) is 0 Å². The Morgan fingerprint density at radius 1 is 0.200 bits per heavy atom. The Morgan fingerprint density at radius 3 is 0.787 bits per heavy atom.